The van der Waals surface area contributed by atoms with Crippen LogP contribution in [0.25, 0.3) is 28.0 Å². The molecule has 1 aliphatic rings. The number of fused-ring (bicyclic) bond motifs is 1. The lowest BCUT2D eigenvalue weighted by atomic mass is 10.00. The van der Waals surface area contributed by atoms with Crippen LogP contribution in [0.4, 0.5) is 0 Å². The third kappa shape index (κ3) is 4.16. The molecule has 33 heavy (non-hydrogen) atoms. The van der Waals surface area contributed by atoms with E-state index in [1.807, 2.05) is 25.1 Å². The maximum Gasteiger partial charge on any atom is 0.270 e. The fraction of sp³-hybridized carbons (Fsp3) is 0.208. The highest BCUT2D eigenvalue weighted by atomic mass is 35.5. The van der Waals surface area contributed by atoms with Gasteiger partial charge in [-0.05, 0) is 55.8 Å². The number of benzene rings is 1. The highest BCUT2D eigenvalue weighted by molar-refractivity contribution is 6.29. The van der Waals surface area contributed by atoms with Gasteiger partial charge in [-0.2, -0.15) is 10.4 Å². The van der Waals surface area contributed by atoms with E-state index < -0.39 is 0 Å². The first-order valence-corrected chi connectivity index (χ1v) is 11.0. The Balaban J connectivity index is 1.69. The zero-order valence-corrected chi connectivity index (χ0v) is 18.6. The summed E-state index contributed by atoms with van der Waals surface area (Å²) in [7, 11) is 0. The highest BCUT2D eigenvalue weighted by Gasteiger charge is 2.22. The molecule has 4 aromatic rings. The summed E-state index contributed by atoms with van der Waals surface area (Å²) in [6, 6.07) is 14.8. The molecule has 0 radical (unpaired) electrons. The van der Waals surface area contributed by atoms with E-state index in [9.17, 15) is 10.1 Å². The number of aryl methyl sites for hydroxylation is 1. The van der Waals surface area contributed by atoms with Gasteiger partial charge in [0.2, 0.25) is 0 Å². The molecule has 1 fully saturated rings. The van der Waals surface area contributed by atoms with E-state index in [0.29, 0.717) is 27.8 Å². The van der Waals surface area contributed by atoms with E-state index in [0.717, 1.165) is 41.9 Å². The third-order valence-electron chi connectivity index (χ3n) is 5.59. The van der Waals surface area contributed by atoms with Crippen LogP contribution in [-0.4, -0.2) is 44.6 Å². The molecular weight excluding hydrogens is 438 g/mol. The first kappa shape index (κ1) is 21.1. The lowest BCUT2D eigenvalue weighted by molar-refractivity contribution is 0.0935. The maximum atomic E-state index is 12.9. The number of pyridine rings is 1. The van der Waals surface area contributed by atoms with Crippen molar-refractivity contribution in [3.63, 3.8) is 0 Å². The van der Waals surface area contributed by atoms with Crippen molar-refractivity contribution in [1.82, 2.24) is 30.2 Å². The molecule has 164 valence electrons. The molecule has 1 aromatic carbocycles. The SMILES string of the molecule is Cc1cc(-c2c(-c3cccc(C#N)c3)nn3ccc(C(=O)N[C@@H]4CCNC4)nc23)cc(Cl)n1. The van der Waals surface area contributed by atoms with Gasteiger partial charge in [0.15, 0.2) is 5.65 Å². The molecule has 9 heteroatoms. The normalized spacial score (nSPS) is 15.5. The van der Waals surface area contributed by atoms with E-state index in [1.165, 1.54) is 0 Å². The van der Waals surface area contributed by atoms with Gasteiger partial charge in [-0.25, -0.2) is 14.5 Å². The first-order valence-electron chi connectivity index (χ1n) is 10.6. The predicted molar refractivity (Wildman–Crippen MR) is 125 cm³/mol. The number of amides is 1. The number of nitriles is 1. The molecule has 0 aliphatic carbocycles. The van der Waals surface area contributed by atoms with Crippen LogP contribution in [0.2, 0.25) is 5.15 Å². The van der Waals surface area contributed by atoms with Crippen LogP contribution in [0.15, 0.2) is 48.7 Å². The summed E-state index contributed by atoms with van der Waals surface area (Å²) in [6.45, 7) is 3.50. The Hall–Kier alpha value is -3.80. The molecule has 1 amide bonds. The summed E-state index contributed by atoms with van der Waals surface area (Å²) < 4.78 is 1.64. The summed E-state index contributed by atoms with van der Waals surface area (Å²) in [6.07, 6.45) is 2.61. The molecule has 1 saturated heterocycles. The Morgan fingerprint density at radius 3 is 2.88 bits per heavy atom. The van der Waals surface area contributed by atoms with Crippen LogP contribution >= 0.6 is 11.6 Å². The molecule has 5 rings (SSSR count). The average Bonchev–Trinajstić information content (AvgIpc) is 3.45. The van der Waals surface area contributed by atoms with E-state index in [1.54, 1.807) is 35.0 Å². The van der Waals surface area contributed by atoms with E-state index in [4.69, 9.17) is 16.7 Å². The molecule has 8 nitrogen and oxygen atoms in total. The van der Waals surface area contributed by atoms with E-state index >= 15 is 0 Å². The minimum absolute atomic E-state index is 0.0887. The second-order valence-corrected chi connectivity index (χ2v) is 8.37. The fourth-order valence-corrected chi connectivity index (χ4v) is 4.32. The zero-order chi connectivity index (χ0) is 22.9. The highest BCUT2D eigenvalue weighted by Crippen LogP contribution is 2.36. The Morgan fingerprint density at radius 1 is 1.24 bits per heavy atom. The Morgan fingerprint density at radius 2 is 2.12 bits per heavy atom. The summed E-state index contributed by atoms with van der Waals surface area (Å²) in [4.78, 5) is 21.8. The molecule has 0 unspecified atom stereocenters. The standard InChI is InChI=1S/C24H20ClN7O/c1-14-9-17(11-20(25)28-14)21-22(16-4-2-3-15(10-16)12-26)31-32-8-6-19(30-23(21)32)24(33)29-18-5-7-27-13-18/h2-4,6,8-11,18,27H,5,7,13H2,1H3,(H,29,33)/t18-/m1/s1. The van der Waals surface area contributed by atoms with Crippen molar-refractivity contribution < 1.29 is 4.79 Å². The lowest BCUT2D eigenvalue weighted by Crippen LogP contribution is -2.36. The number of aromatic nitrogens is 4. The van der Waals surface area contributed by atoms with Gasteiger partial charge in [-0.3, -0.25) is 4.79 Å². The molecule has 3 aromatic heterocycles. The van der Waals surface area contributed by atoms with Gasteiger partial charge in [-0.1, -0.05) is 23.7 Å². The number of halogens is 1. The number of nitrogens with one attached hydrogen (secondary N) is 2. The molecular formula is C24H20ClN7O. The summed E-state index contributed by atoms with van der Waals surface area (Å²) in [5, 5.41) is 20.7. The van der Waals surface area contributed by atoms with Crippen molar-refractivity contribution in [3.05, 3.63) is 70.8 Å². The van der Waals surface area contributed by atoms with Crippen LogP contribution in [0, 0.1) is 18.3 Å². The van der Waals surface area contributed by atoms with Crippen molar-refractivity contribution in [2.24, 2.45) is 0 Å². The van der Waals surface area contributed by atoms with E-state index in [2.05, 4.69) is 26.7 Å². The second kappa shape index (κ2) is 8.62. The van der Waals surface area contributed by atoms with Gasteiger partial charge in [0.25, 0.3) is 5.91 Å². The molecule has 0 saturated carbocycles. The van der Waals surface area contributed by atoms with Gasteiger partial charge >= 0.3 is 0 Å². The summed E-state index contributed by atoms with van der Waals surface area (Å²) in [5.74, 6) is -0.227. The average molecular weight is 458 g/mol. The van der Waals surface area contributed by atoms with Gasteiger partial charge in [-0.15, -0.1) is 0 Å². The predicted octanol–water partition coefficient (Wildman–Crippen LogP) is 3.38. The Kier molecular flexibility index (Phi) is 5.50. The Labute approximate surface area is 195 Å². The van der Waals surface area contributed by atoms with Crippen molar-refractivity contribution in [2.45, 2.75) is 19.4 Å². The quantitative estimate of drug-likeness (QED) is 0.455. The minimum atomic E-state index is -0.227. The number of rotatable bonds is 4. The van der Waals surface area contributed by atoms with Crippen LogP contribution in [0.5, 0.6) is 0 Å². The monoisotopic (exact) mass is 457 g/mol. The Bertz CT molecular complexity index is 1400. The van der Waals surface area contributed by atoms with Crippen LogP contribution in [0.1, 0.15) is 28.2 Å². The van der Waals surface area contributed by atoms with Gasteiger partial charge < -0.3 is 10.6 Å². The number of carbonyl (C=O) groups excluding carboxylic acids is 1. The topological polar surface area (TPSA) is 108 Å². The lowest BCUT2D eigenvalue weighted by Gasteiger charge is -2.11. The van der Waals surface area contributed by atoms with Crippen molar-refractivity contribution in [3.8, 4) is 28.5 Å². The molecule has 2 N–H and O–H groups in total. The number of hydrogen-bond acceptors (Lipinski definition) is 6. The summed E-state index contributed by atoms with van der Waals surface area (Å²) in [5.41, 5.74) is 5.01. The number of carbonyl (C=O) groups is 1. The molecule has 0 spiro atoms. The number of hydrogen-bond donors (Lipinski definition) is 2. The van der Waals surface area contributed by atoms with Gasteiger partial charge in [0.05, 0.1) is 17.2 Å². The third-order valence-corrected chi connectivity index (χ3v) is 5.78. The van der Waals surface area contributed by atoms with Gasteiger partial charge in [0, 0.05) is 30.0 Å². The van der Waals surface area contributed by atoms with Crippen LogP contribution < -0.4 is 10.6 Å². The van der Waals surface area contributed by atoms with E-state index in [-0.39, 0.29) is 11.9 Å². The van der Waals surface area contributed by atoms with Crippen LogP contribution in [0.3, 0.4) is 0 Å². The van der Waals surface area contributed by atoms with Crippen molar-refractivity contribution in [1.29, 1.82) is 5.26 Å². The zero-order valence-electron chi connectivity index (χ0n) is 17.8. The molecule has 1 aliphatic heterocycles. The molecule has 1 atom stereocenters. The second-order valence-electron chi connectivity index (χ2n) is 7.98. The number of nitrogens with zero attached hydrogens (tertiary/aromatic N) is 5. The van der Waals surface area contributed by atoms with Gasteiger partial charge in [0.1, 0.15) is 16.5 Å². The maximum absolute atomic E-state index is 12.9. The molecule has 0 bridgehead atoms. The smallest absolute Gasteiger partial charge is 0.270 e. The summed E-state index contributed by atoms with van der Waals surface area (Å²) >= 11 is 6.27. The first-order chi connectivity index (χ1) is 16.0. The fourth-order valence-electron chi connectivity index (χ4n) is 4.07. The molecule has 4 heterocycles. The van der Waals surface area contributed by atoms with Crippen LogP contribution in [-0.2, 0) is 0 Å². The van der Waals surface area contributed by atoms with Crippen molar-refractivity contribution >= 4 is 23.2 Å². The minimum Gasteiger partial charge on any atom is -0.347 e. The van der Waals surface area contributed by atoms with Crippen molar-refractivity contribution in [2.75, 3.05) is 13.1 Å². The largest absolute Gasteiger partial charge is 0.347 e.